The van der Waals surface area contributed by atoms with Crippen LogP contribution in [0.1, 0.15) is 44.2 Å². The largest absolute Gasteiger partial charge is 0.381 e. The van der Waals surface area contributed by atoms with Crippen LogP contribution in [0.2, 0.25) is 0 Å². The van der Waals surface area contributed by atoms with Gasteiger partial charge in [-0.15, -0.1) is 0 Å². The summed E-state index contributed by atoms with van der Waals surface area (Å²) in [4.78, 5) is 24.6. The molecule has 0 aliphatic carbocycles. The van der Waals surface area contributed by atoms with Crippen molar-refractivity contribution in [2.45, 2.75) is 59.0 Å². The van der Waals surface area contributed by atoms with E-state index in [1.807, 2.05) is 23.8 Å². The Hall–Kier alpha value is -2.60. The highest BCUT2D eigenvalue weighted by Gasteiger charge is 2.22. The number of aromatic nitrogens is 1. The number of anilines is 2. The van der Waals surface area contributed by atoms with E-state index in [9.17, 15) is 9.59 Å². The lowest BCUT2D eigenvalue weighted by atomic mass is 9.95. The molecule has 1 aromatic heterocycles. The van der Waals surface area contributed by atoms with E-state index >= 15 is 0 Å². The minimum atomic E-state index is 0.0617. The highest BCUT2D eigenvalue weighted by Crippen LogP contribution is 2.37. The summed E-state index contributed by atoms with van der Waals surface area (Å²) in [6.07, 6.45) is 5.09. The summed E-state index contributed by atoms with van der Waals surface area (Å²) in [5.41, 5.74) is 5.91. The number of amides is 1. The van der Waals surface area contributed by atoms with E-state index in [4.69, 9.17) is 4.74 Å². The molecule has 0 unspecified atom stereocenters. The van der Waals surface area contributed by atoms with Crippen LogP contribution >= 0.6 is 0 Å². The first-order valence-electron chi connectivity index (χ1n) is 10.9. The maximum absolute atomic E-state index is 12.6. The molecule has 0 saturated carbocycles. The molecule has 0 atom stereocenters. The summed E-state index contributed by atoms with van der Waals surface area (Å²) >= 11 is 0. The van der Waals surface area contributed by atoms with Crippen LogP contribution in [-0.2, 0) is 22.5 Å². The SMILES string of the molecule is Cc1cc(-c2cc3c(c(NC4CCOCC4)c2)NC(=O)CC3)cn(CC(C)C)c1=O. The lowest BCUT2D eigenvalue weighted by Crippen LogP contribution is -2.29. The van der Waals surface area contributed by atoms with Crippen LogP contribution in [0.3, 0.4) is 0 Å². The van der Waals surface area contributed by atoms with Gasteiger partial charge in [0, 0.05) is 44.0 Å². The average molecular weight is 410 g/mol. The number of carbonyl (C=O) groups excluding carboxylic acids is 1. The molecule has 1 aromatic carbocycles. The fourth-order valence-electron chi connectivity index (χ4n) is 4.31. The fourth-order valence-corrected chi connectivity index (χ4v) is 4.31. The number of nitrogens with zero attached hydrogens (tertiary/aromatic N) is 1. The van der Waals surface area contributed by atoms with Gasteiger partial charge in [0.15, 0.2) is 0 Å². The van der Waals surface area contributed by atoms with Gasteiger partial charge >= 0.3 is 0 Å². The molecule has 4 rings (SSSR count). The van der Waals surface area contributed by atoms with Crippen LogP contribution in [0.25, 0.3) is 11.1 Å². The van der Waals surface area contributed by atoms with Gasteiger partial charge in [0.1, 0.15) is 0 Å². The predicted octanol–water partition coefficient (Wildman–Crippen LogP) is 3.96. The van der Waals surface area contributed by atoms with Crippen molar-refractivity contribution in [3.05, 3.63) is 45.9 Å². The van der Waals surface area contributed by atoms with E-state index in [0.717, 1.165) is 66.1 Å². The molecule has 2 aromatic rings. The average Bonchev–Trinajstić information content (AvgIpc) is 2.72. The van der Waals surface area contributed by atoms with Crippen molar-refractivity contribution in [3.8, 4) is 11.1 Å². The molecule has 1 amide bonds. The van der Waals surface area contributed by atoms with Gasteiger partial charge in [0.25, 0.3) is 5.56 Å². The van der Waals surface area contributed by atoms with Gasteiger partial charge in [-0.3, -0.25) is 9.59 Å². The van der Waals surface area contributed by atoms with Crippen LogP contribution in [0.4, 0.5) is 11.4 Å². The number of fused-ring (bicyclic) bond motifs is 1. The van der Waals surface area contributed by atoms with Gasteiger partial charge < -0.3 is 19.9 Å². The number of hydrogen-bond acceptors (Lipinski definition) is 4. The number of benzene rings is 1. The molecular weight excluding hydrogens is 378 g/mol. The molecule has 3 heterocycles. The van der Waals surface area contributed by atoms with Crippen LogP contribution in [-0.4, -0.2) is 29.7 Å². The number of nitrogens with one attached hydrogen (secondary N) is 2. The Balaban J connectivity index is 1.77. The van der Waals surface area contributed by atoms with Crippen molar-refractivity contribution in [2.75, 3.05) is 23.8 Å². The maximum Gasteiger partial charge on any atom is 0.253 e. The second kappa shape index (κ2) is 8.64. The zero-order valence-corrected chi connectivity index (χ0v) is 18.1. The Kier molecular flexibility index (Phi) is 5.95. The van der Waals surface area contributed by atoms with Gasteiger partial charge in [0.2, 0.25) is 5.91 Å². The van der Waals surface area contributed by atoms with Gasteiger partial charge in [0.05, 0.1) is 11.4 Å². The van der Waals surface area contributed by atoms with E-state index in [-0.39, 0.29) is 11.5 Å². The predicted molar refractivity (Wildman–Crippen MR) is 120 cm³/mol. The van der Waals surface area contributed by atoms with E-state index in [2.05, 4.69) is 36.6 Å². The molecule has 0 radical (unpaired) electrons. The second-order valence-corrected chi connectivity index (χ2v) is 8.90. The summed E-state index contributed by atoms with van der Waals surface area (Å²) in [6, 6.07) is 6.57. The highest BCUT2D eigenvalue weighted by atomic mass is 16.5. The first-order chi connectivity index (χ1) is 14.4. The lowest BCUT2D eigenvalue weighted by molar-refractivity contribution is -0.116. The minimum Gasteiger partial charge on any atom is -0.381 e. The van der Waals surface area contributed by atoms with E-state index in [1.165, 1.54) is 0 Å². The number of rotatable bonds is 5. The zero-order valence-electron chi connectivity index (χ0n) is 18.1. The van der Waals surface area contributed by atoms with Crippen LogP contribution in [0.5, 0.6) is 0 Å². The van der Waals surface area contributed by atoms with Crippen molar-refractivity contribution in [1.29, 1.82) is 0 Å². The van der Waals surface area contributed by atoms with Crippen LogP contribution in [0.15, 0.2) is 29.2 Å². The summed E-state index contributed by atoms with van der Waals surface area (Å²) in [7, 11) is 0. The number of ether oxygens (including phenoxy) is 1. The number of hydrogen-bond donors (Lipinski definition) is 2. The Morgan fingerprint density at radius 1 is 1.13 bits per heavy atom. The lowest BCUT2D eigenvalue weighted by Gasteiger charge is -2.28. The third-order valence-corrected chi connectivity index (χ3v) is 5.85. The molecule has 0 spiro atoms. The number of pyridine rings is 1. The van der Waals surface area contributed by atoms with Crippen molar-refractivity contribution in [2.24, 2.45) is 5.92 Å². The molecular formula is C24H31N3O3. The van der Waals surface area contributed by atoms with Gasteiger partial charge in [-0.05, 0) is 67.0 Å². The molecule has 6 heteroatoms. The van der Waals surface area contributed by atoms with Gasteiger partial charge in [-0.2, -0.15) is 0 Å². The van der Waals surface area contributed by atoms with Crippen molar-refractivity contribution in [3.63, 3.8) is 0 Å². The quantitative estimate of drug-likeness (QED) is 0.784. The molecule has 1 fully saturated rings. The fraction of sp³-hybridized carbons (Fsp3) is 0.500. The van der Waals surface area contributed by atoms with Crippen molar-refractivity contribution < 1.29 is 9.53 Å². The molecule has 30 heavy (non-hydrogen) atoms. The van der Waals surface area contributed by atoms with Gasteiger partial charge in [-0.25, -0.2) is 0 Å². The molecule has 160 valence electrons. The highest BCUT2D eigenvalue weighted by molar-refractivity contribution is 5.99. The third kappa shape index (κ3) is 4.43. The topological polar surface area (TPSA) is 72.4 Å². The third-order valence-electron chi connectivity index (χ3n) is 5.85. The van der Waals surface area contributed by atoms with Crippen LogP contribution in [0, 0.1) is 12.8 Å². The van der Waals surface area contributed by atoms with E-state index in [0.29, 0.717) is 24.9 Å². The molecule has 2 aliphatic heterocycles. The minimum absolute atomic E-state index is 0.0617. The molecule has 6 nitrogen and oxygen atoms in total. The normalized spacial score (nSPS) is 17.0. The monoisotopic (exact) mass is 409 g/mol. The standard InChI is InChI=1S/C24H31N3O3/c1-15(2)13-27-14-19(10-16(3)24(27)29)18-11-17-4-5-22(28)26-23(17)21(12-18)25-20-6-8-30-9-7-20/h10-12,14-15,20,25H,4-9,13H2,1-3H3,(H,26,28). The van der Waals surface area contributed by atoms with E-state index in [1.54, 1.807) is 0 Å². The van der Waals surface area contributed by atoms with Crippen molar-refractivity contribution >= 4 is 17.3 Å². The Morgan fingerprint density at radius 3 is 2.63 bits per heavy atom. The Bertz CT molecular complexity index is 1000. The molecule has 2 N–H and O–H groups in total. The smallest absolute Gasteiger partial charge is 0.253 e. The number of aryl methyl sites for hydroxylation is 2. The maximum atomic E-state index is 12.6. The summed E-state index contributed by atoms with van der Waals surface area (Å²) in [5.74, 6) is 0.452. The summed E-state index contributed by atoms with van der Waals surface area (Å²) < 4.78 is 7.31. The van der Waals surface area contributed by atoms with E-state index < -0.39 is 0 Å². The Morgan fingerprint density at radius 2 is 1.90 bits per heavy atom. The summed E-state index contributed by atoms with van der Waals surface area (Å²) in [5, 5.41) is 6.72. The molecule has 0 bridgehead atoms. The Labute approximate surface area is 177 Å². The molecule has 2 aliphatic rings. The summed E-state index contributed by atoms with van der Waals surface area (Å²) in [6.45, 7) is 8.32. The van der Waals surface area contributed by atoms with Crippen molar-refractivity contribution in [1.82, 2.24) is 4.57 Å². The van der Waals surface area contributed by atoms with Gasteiger partial charge in [-0.1, -0.05) is 13.8 Å². The zero-order chi connectivity index (χ0) is 21.3. The first kappa shape index (κ1) is 20.7. The first-order valence-corrected chi connectivity index (χ1v) is 10.9. The van der Waals surface area contributed by atoms with Crippen LogP contribution < -0.4 is 16.2 Å². The molecule has 1 saturated heterocycles. The second-order valence-electron chi connectivity index (χ2n) is 8.90. The number of carbonyl (C=O) groups is 1.